The number of benzene rings is 1. The lowest BCUT2D eigenvalue weighted by Crippen LogP contribution is -2.16. The van der Waals surface area contributed by atoms with Gasteiger partial charge < -0.3 is 10.3 Å². The second-order valence-corrected chi connectivity index (χ2v) is 9.22. The molecular formula is C32H26N8. The monoisotopic (exact) mass is 522 g/mol. The maximum absolute atomic E-state index is 5.86. The number of nitrogens with zero attached hydrogens (tertiary/aromatic N) is 5. The minimum Gasteiger partial charge on any atom is -0.335 e. The Balaban J connectivity index is 1.31. The second-order valence-electron chi connectivity index (χ2n) is 9.22. The zero-order valence-electron chi connectivity index (χ0n) is 21.9. The summed E-state index contributed by atoms with van der Waals surface area (Å²) in [4.78, 5) is 21.8. The van der Waals surface area contributed by atoms with Gasteiger partial charge >= 0.3 is 0 Å². The number of imidazole rings is 1. The number of terminal acetylenes is 1. The van der Waals surface area contributed by atoms with E-state index in [0.29, 0.717) is 23.6 Å². The Hall–Kier alpha value is -5.39. The molecule has 0 bridgehead atoms. The number of aromatic amines is 2. The van der Waals surface area contributed by atoms with Gasteiger partial charge in [0.25, 0.3) is 0 Å². The van der Waals surface area contributed by atoms with Crippen LogP contribution >= 0.6 is 0 Å². The van der Waals surface area contributed by atoms with Gasteiger partial charge in [0, 0.05) is 48.4 Å². The SMILES string of the molecule is C#C/C(=C\C(=C/C)c1ccc2[nH]nc(-c3nc4c(-c5cccnc5)cncc4[nH]3)c2n1)CNCc1ccccc1. The van der Waals surface area contributed by atoms with Gasteiger partial charge in [-0.05, 0) is 42.3 Å². The summed E-state index contributed by atoms with van der Waals surface area (Å²) < 4.78 is 0. The molecule has 0 aliphatic rings. The van der Waals surface area contributed by atoms with Crippen molar-refractivity contribution in [2.24, 2.45) is 0 Å². The predicted octanol–water partition coefficient (Wildman–Crippen LogP) is 5.71. The molecule has 8 nitrogen and oxygen atoms in total. The summed E-state index contributed by atoms with van der Waals surface area (Å²) in [5.41, 5.74) is 9.36. The molecule has 8 heteroatoms. The van der Waals surface area contributed by atoms with Crippen LogP contribution in [0.1, 0.15) is 18.2 Å². The molecule has 0 spiro atoms. The molecule has 0 saturated carbocycles. The number of aromatic nitrogens is 7. The Morgan fingerprint density at radius 3 is 2.65 bits per heavy atom. The highest BCUT2D eigenvalue weighted by Gasteiger charge is 2.17. The number of H-pyrrole nitrogens is 2. The quantitative estimate of drug-likeness (QED) is 0.175. The third-order valence-corrected chi connectivity index (χ3v) is 6.61. The summed E-state index contributed by atoms with van der Waals surface area (Å²) >= 11 is 0. The van der Waals surface area contributed by atoms with Gasteiger partial charge in [0.2, 0.25) is 0 Å². The van der Waals surface area contributed by atoms with Crippen molar-refractivity contribution in [3.63, 3.8) is 0 Å². The van der Waals surface area contributed by atoms with Crippen LogP contribution in [0.5, 0.6) is 0 Å². The van der Waals surface area contributed by atoms with E-state index in [1.54, 1.807) is 24.8 Å². The summed E-state index contributed by atoms with van der Waals surface area (Å²) in [5.74, 6) is 3.42. The molecule has 0 aliphatic carbocycles. The highest BCUT2D eigenvalue weighted by atomic mass is 15.1. The van der Waals surface area contributed by atoms with Gasteiger partial charge in [0.15, 0.2) is 11.5 Å². The van der Waals surface area contributed by atoms with Crippen LogP contribution in [0.3, 0.4) is 0 Å². The van der Waals surface area contributed by atoms with Gasteiger partial charge in [-0.25, -0.2) is 9.97 Å². The van der Waals surface area contributed by atoms with Crippen LogP contribution in [0.25, 0.3) is 50.3 Å². The largest absolute Gasteiger partial charge is 0.335 e. The fourth-order valence-corrected chi connectivity index (χ4v) is 4.58. The van der Waals surface area contributed by atoms with Crippen molar-refractivity contribution in [2.75, 3.05) is 6.54 Å². The number of fused-ring (bicyclic) bond motifs is 2. The van der Waals surface area contributed by atoms with Crippen molar-refractivity contribution in [1.29, 1.82) is 0 Å². The fourth-order valence-electron chi connectivity index (χ4n) is 4.58. The molecule has 0 atom stereocenters. The predicted molar refractivity (Wildman–Crippen MR) is 159 cm³/mol. The molecule has 40 heavy (non-hydrogen) atoms. The highest BCUT2D eigenvalue weighted by Crippen LogP contribution is 2.30. The maximum Gasteiger partial charge on any atom is 0.161 e. The van der Waals surface area contributed by atoms with Gasteiger partial charge in [0.05, 0.1) is 22.9 Å². The average molecular weight is 523 g/mol. The van der Waals surface area contributed by atoms with E-state index in [1.165, 1.54) is 5.56 Å². The highest BCUT2D eigenvalue weighted by molar-refractivity contribution is 5.95. The molecule has 0 aliphatic heterocycles. The lowest BCUT2D eigenvalue weighted by molar-refractivity contribution is 0.749. The molecule has 0 saturated heterocycles. The van der Waals surface area contributed by atoms with E-state index in [9.17, 15) is 0 Å². The van der Waals surface area contributed by atoms with E-state index < -0.39 is 0 Å². The normalized spacial score (nSPS) is 12.2. The number of pyridine rings is 3. The Labute approximate surface area is 231 Å². The second kappa shape index (κ2) is 11.2. The Bertz CT molecular complexity index is 1890. The Morgan fingerprint density at radius 2 is 1.85 bits per heavy atom. The molecule has 194 valence electrons. The van der Waals surface area contributed by atoms with E-state index in [2.05, 4.69) is 48.5 Å². The molecule has 5 heterocycles. The fraction of sp³-hybridized carbons (Fsp3) is 0.0938. The Kier molecular flexibility index (Phi) is 6.95. The standard InChI is InChI=1S/C32H26N8/c1-3-21(16-34-17-22-9-6-5-7-10-22)15-23(4-2)26-12-13-27-30(36-26)31(40-39-27)32-37-28-20-35-19-25(29(28)38-32)24-11-8-14-33-18-24/h1,4-15,18-20,34H,16-17H2,2H3,(H,37,38)(H,39,40)/b21-15+,23-4+. The van der Waals surface area contributed by atoms with Gasteiger partial charge in [-0.15, -0.1) is 6.42 Å². The van der Waals surface area contributed by atoms with Crippen molar-refractivity contribution in [3.05, 3.63) is 108 Å². The van der Waals surface area contributed by atoms with E-state index in [0.717, 1.165) is 51.1 Å². The zero-order valence-corrected chi connectivity index (χ0v) is 21.9. The third kappa shape index (κ3) is 5.01. The van der Waals surface area contributed by atoms with Gasteiger partial charge in [-0.2, -0.15) is 5.10 Å². The maximum atomic E-state index is 5.86. The molecule has 0 unspecified atom stereocenters. The smallest absolute Gasteiger partial charge is 0.161 e. The van der Waals surface area contributed by atoms with Crippen LogP contribution in [0, 0.1) is 12.3 Å². The van der Waals surface area contributed by atoms with Crippen LogP contribution < -0.4 is 5.32 Å². The molecule has 3 N–H and O–H groups in total. The van der Waals surface area contributed by atoms with Crippen molar-refractivity contribution in [3.8, 4) is 35.0 Å². The van der Waals surface area contributed by atoms with E-state index >= 15 is 0 Å². The van der Waals surface area contributed by atoms with Crippen molar-refractivity contribution < 1.29 is 0 Å². The van der Waals surface area contributed by atoms with Crippen LogP contribution in [0.15, 0.2) is 97.1 Å². The number of rotatable bonds is 8. The van der Waals surface area contributed by atoms with E-state index in [-0.39, 0.29) is 0 Å². The van der Waals surface area contributed by atoms with Gasteiger partial charge in [0.1, 0.15) is 11.0 Å². The van der Waals surface area contributed by atoms with Crippen LogP contribution in [-0.4, -0.2) is 41.7 Å². The topological polar surface area (TPSA) is 108 Å². The molecule has 6 rings (SSSR count). The number of allylic oxidation sites excluding steroid dienone is 3. The molecule has 0 fully saturated rings. The minimum atomic E-state index is 0.578. The Morgan fingerprint density at radius 1 is 0.950 bits per heavy atom. The van der Waals surface area contributed by atoms with Crippen LogP contribution in [0.2, 0.25) is 0 Å². The molecule has 1 aromatic carbocycles. The summed E-state index contributed by atoms with van der Waals surface area (Å²) in [5, 5.41) is 11.1. The first kappa shape index (κ1) is 24.9. The third-order valence-electron chi connectivity index (χ3n) is 6.61. The molecule has 0 amide bonds. The summed E-state index contributed by atoms with van der Waals surface area (Å²) in [6, 6.07) is 18.1. The van der Waals surface area contributed by atoms with E-state index in [4.69, 9.17) is 16.4 Å². The summed E-state index contributed by atoms with van der Waals surface area (Å²) in [6.07, 6.45) is 17.0. The summed E-state index contributed by atoms with van der Waals surface area (Å²) in [7, 11) is 0. The first-order valence-electron chi connectivity index (χ1n) is 12.9. The first-order valence-corrected chi connectivity index (χ1v) is 12.9. The van der Waals surface area contributed by atoms with Crippen molar-refractivity contribution in [1.82, 2.24) is 40.4 Å². The lowest BCUT2D eigenvalue weighted by atomic mass is 10.1. The molecule has 5 aromatic heterocycles. The summed E-state index contributed by atoms with van der Waals surface area (Å²) in [6.45, 7) is 3.29. The molecule has 6 aromatic rings. The van der Waals surface area contributed by atoms with E-state index in [1.807, 2.05) is 61.5 Å². The zero-order chi connectivity index (χ0) is 27.3. The number of hydrogen-bond donors (Lipinski definition) is 3. The van der Waals surface area contributed by atoms with Crippen molar-refractivity contribution >= 4 is 27.6 Å². The first-order chi connectivity index (χ1) is 19.7. The van der Waals surface area contributed by atoms with Gasteiger partial charge in [-0.1, -0.05) is 48.4 Å². The molecule has 0 radical (unpaired) electrons. The van der Waals surface area contributed by atoms with Crippen molar-refractivity contribution in [2.45, 2.75) is 13.5 Å². The van der Waals surface area contributed by atoms with Crippen LogP contribution in [0.4, 0.5) is 0 Å². The average Bonchev–Trinajstić information content (AvgIpc) is 3.63. The number of hydrogen-bond acceptors (Lipinski definition) is 6. The molecular weight excluding hydrogens is 496 g/mol. The van der Waals surface area contributed by atoms with Gasteiger partial charge in [-0.3, -0.25) is 15.1 Å². The lowest BCUT2D eigenvalue weighted by Gasteiger charge is -2.07. The number of nitrogens with one attached hydrogen (secondary N) is 3. The van der Waals surface area contributed by atoms with Crippen LogP contribution in [-0.2, 0) is 6.54 Å². The minimum absolute atomic E-state index is 0.578.